The summed E-state index contributed by atoms with van der Waals surface area (Å²) in [5, 5.41) is 0.830. The van der Waals surface area contributed by atoms with E-state index in [0.29, 0.717) is 38.7 Å². The van der Waals surface area contributed by atoms with E-state index in [1.54, 1.807) is 36.4 Å². The Kier molecular flexibility index (Phi) is 5.51. The number of rotatable bonds is 5. The van der Waals surface area contributed by atoms with E-state index in [4.69, 9.17) is 33.7 Å². The van der Waals surface area contributed by atoms with Crippen molar-refractivity contribution in [2.45, 2.75) is 17.6 Å². The van der Waals surface area contributed by atoms with Gasteiger partial charge in [-0.2, -0.15) is 0 Å². The molecule has 3 nitrogen and oxygen atoms in total. The molecule has 0 aromatic heterocycles. The Morgan fingerprint density at radius 3 is 2.57 bits per heavy atom. The molecule has 0 saturated heterocycles. The van der Waals surface area contributed by atoms with Crippen LogP contribution in [0.2, 0.25) is 10.0 Å². The molecule has 0 bridgehead atoms. The van der Waals surface area contributed by atoms with E-state index in [-0.39, 0.29) is 0 Å². The largest absolute Gasteiger partial charge is 0.494 e. The predicted octanol–water partition coefficient (Wildman–Crippen LogP) is 4.28. The lowest BCUT2D eigenvalue weighted by molar-refractivity contribution is 0.337. The Hall–Kier alpha value is -1.23. The summed E-state index contributed by atoms with van der Waals surface area (Å²) >= 11 is 11.8. The van der Waals surface area contributed by atoms with Crippen LogP contribution in [0.5, 0.6) is 5.75 Å². The first-order chi connectivity index (χ1) is 10.0. The Morgan fingerprint density at radius 2 is 1.90 bits per heavy atom. The van der Waals surface area contributed by atoms with Crippen LogP contribution in [0.25, 0.3) is 0 Å². The molecule has 1 unspecified atom stereocenters. The van der Waals surface area contributed by atoms with Gasteiger partial charge in [-0.1, -0.05) is 23.2 Å². The fraction of sp³-hybridized carbons (Fsp3) is 0.200. The van der Waals surface area contributed by atoms with Crippen LogP contribution in [0.1, 0.15) is 12.5 Å². The zero-order chi connectivity index (χ0) is 15.4. The minimum Gasteiger partial charge on any atom is -0.494 e. The summed E-state index contributed by atoms with van der Waals surface area (Å²) < 4.78 is 18.0. The maximum atomic E-state index is 12.5. The molecule has 2 rings (SSSR count). The summed E-state index contributed by atoms with van der Waals surface area (Å²) in [5.74, 6) is 0.998. The number of hydrogen-bond donors (Lipinski definition) is 1. The summed E-state index contributed by atoms with van der Waals surface area (Å²) in [4.78, 5) is 0.620. The Morgan fingerprint density at radius 1 is 1.14 bits per heavy atom. The highest BCUT2D eigenvalue weighted by molar-refractivity contribution is 7.84. The molecule has 0 spiro atoms. The van der Waals surface area contributed by atoms with E-state index in [1.807, 2.05) is 6.92 Å². The zero-order valence-electron chi connectivity index (χ0n) is 11.4. The summed E-state index contributed by atoms with van der Waals surface area (Å²) in [5.41, 5.74) is 7.21. The molecule has 0 aliphatic carbocycles. The van der Waals surface area contributed by atoms with Crippen molar-refractivity contribution < 1.29 is 8.95 Å². The smallest absolute Gasteiger partial charge is 0.123 e. The fourth-order valence-corrected chi connectivity index (χ4v) is 3.36. The van der Waals surface area contributed by atoms with E-state index in [9.17, 15) is 4.21 Å². The summed E-state index contributed by atoms with van der Waals surface area (Å²) in [6.07, 6.45) is 0. The third-order valence-electron chi connectivity index (χ3n) is 2.82. The second-order valence-electron chi connectivity index (χ2n) is 4.37. The monoisotopic (exact) mass is 343 g/mol. The van der Waals surface area contributed by atoms with Crippen molar-refractivity contribution in [3.05, 3.63) is 52.0 Å². The van der Waals surface area contributed by atoms with Gasteiger partial charge in [0.05, 0.1) is 33.2 Å². The van der Waals surface area contributed by atoms with Gasteiger partial charge < -0.3 is 10.5 Å². The molecule has 0 aliphatic rings. The van der Waals surface area contributed by atoms with Crippen LogP contribution in [-0.4, -0.2) is 10.8 Å². The maximum Gasteiger partial charge on any atom is 0.123 e. The summed E-state index contributed by atoms with van der Waals surface area (Å²) in [6, 6.07) is 10.3. The molecule has 6 heteroatoms. The molecule has 2 aromatic carbocycles. The topological polar surface area (TPSA) is 52.3 Å². The quantitative estimate of drug-likeness (QED) is 0.824. The molecule has 2 aromatic rings. The van der Waals surface area contributed by atoms with Crippen molar-refractivity contribution >= 4 is 39.7 Å². The highest BCUT2D eigenvalue weighted by atomic mass is 35.5. The molecular weight excluding hydrogens is 329 g/mol. The maximum absolute atomic E-state index is 12.5. The predicted molar refractivity (Wildman–Crippen MR) is 88.6 cm³/mol. The molecule has 0 fully saturated rings. The minimum atomic E-state index is -1.25. The first-order valence-electron chi connectivity index (χ1n) is 6.36. The van der Waals surface area contributed by atoms with Gasteiger partial charge >= 0.3 is 0 Å². The first-order valence-corrected chi connectivity index (χ1v) is 8.43. The Labute approximate surface area is 136 Å². The van der Waals surface area contributed by atoms with Gasteiger partial charge in [-0.25, -0.2) is 0 Å². The van der Waals surface area contributed by atoms with Gasteiger partial charge in [-0.3, -0.25) is 4.21 Å². The first kappa shape index (κ1) is 16.1. The third-order valence-corrected chi connectivity index (χ3v) is 4.92. The number of halogens is 2. The Balaban J connectivity index is 2.26. The molecule has 2 N–H and O–H groups in total. The number of anilines is 1. The van der Waals surface area contributed by atoms with Gasteiger partial charge in [0.2, 0.25) is 0 Å². The number of nitrogen functional groups attached to an aromatic ring is 1. The van der Waals surface area contributed by atoms with Crippen molar-refractivity contribution in [3.8, 4) is 5.75 Å². The van der Waals surface area contributed by atoms with Gasteiger partial charge in [0.25, 0.3) is 0 Å². The van der Waals surface area contributed by atoms with Crippen LogP contribution in [0.4, 0.5) is 5.69 Å². The van der Waals surface area contributed by atoms with E-state index >= 15 is 0 Å². The van der Waals surface area contributed by atoms with Gasteiger partial charge in [-0.05, 0) is 43.3 Å². The van der Waals surface area contributed by atoms with Crippen LogP contribution in [0.15, 0.2) is 41.3 Å². The number of ether oxygens (including phenoxy) is 1. The van der Waals surface area contributed by atoms with Crippen LogP contribution in [0.3, 0.4) is 0 Å². The number of hydrogen-bond acceptors (Lipinski definition) is 3. The van der Waals surface area contributed by atoms with E-state index in [0.717, 1.165) is 5.56 Å². The standard InChI is InChI=1S/C15H15Cl2NO2S/c1-2-20-15-6-3-11(18)7-10(15)9-21(19)12-4-5-13(16)14(17)8-12/h3-8H,2,9,18H2,1H3. The van der Waals surface area contributed by atoms with Crippen molar-refractivity contribution in [1.29, 1.82) is 0 Å². The summed E-state index contributed by atoms with van der Waals surface area (Å²) in [7, 11) is -1.25. The second-order valence-corrected chi connectivity index (χ2v) is 6.63. The van der Waals surface area contributed by atoms with Gasteiger partial charge in [-0.15, -0.1) is 0 Å². The number of benzene rings is 2. The van der Waals surface area contributed by atoms with Crippen LogP contribution in [0, 0.1) is 0 Å². The lowest BCUT2D eigenvalue weighted by Crippen LogP contribution is -2.02. The normalized spacial score (nSPS) is 12.1. The van der Waals surface area contributed by atoms with Crippen molar-refractivity contribution in [3.63, 3.8) is 0 Å². The van der Waals surface area contributed by atoms with Gasteiger partial charge in [0.15, 0.2) is 0 Å². The Bertz CT molecular complexity index is 677. The molecular formula is C15H15Cl2NO2S. The SMILES string of the molecule is CCOc1ccc(N)cc1CS(=O)c1ccc(Cl)c(Cl)c1. The molecule has 0 aliphatic heterocycles. The van der Waals surface area contributed by atoms with E-state index < -0.39 is 10.8 Å². The lowest BCUT2D eigenvalue weighted by Gasteiger charge is -2.11. The molecule has 112 valence electrons. The lowest BCUT2D eigenvalue weighted by atomic mass is 10.2. The molecule has 0 radical (unpaired) electrons. The highest BCUT2D eigenvalue weighted by Gasteiger charge is 2.12. The van der Waals surface area contributed by atoms with Crippen LogP contribution < -0.4 is 10.5 Å². The van der Waals surface area contributed by atoms with Crippen molar-refractivity contribution in [2.24, 2.45) is 0 Å². The highest BCUT2D eigenvalue weighted by Crippen LogP contribution is 2.28. The summed E-state index contributed by atoms with van der Waals surface area (Å²) in [6.45, 7) is 2.44. The number of nitrogens with two attached hydrogens (primary N) is 1. The minimum absolute atomic E-state index is 0.304. The zero-order valence-corrected chi connectivity index (χ0v) is 13.8. The molecule has 0 amide bonds. The van der Waals surface area contributed by atoms with Crippen LogP contribution >= 0.6 is 23.2 Å². The van der Waals surface area contributed by atoms with E-state index in [2.05, 4.69) is 0 Å². The molecule has 0 heterocycles. The third kappa shape index (κ3) is 4.13. The average molecular weight is 344 g/mol. The average Bonchev–Trinajstić information content (AvgIpc) is 2.45. The van der Waals surface area contributed by atoms with Crippen LogP contribution in [-0.2, 0) is 16.6 Å². The molecule has 21 heavy (non-hydrogen) atoms. The van der Waals surface area contributed by atoms with E-state index in [1.165, 1.54) is 0 Å². The van der Waals surface area contributed by atoms with Crippen molar-refractivity contribution in [1.82, 2.24) is 0 Å². The molecule has 0 saturated carbocycles. The van der Waals surface area contributed by atoms with Gasteiger partial charge in [0.1, 0.15) is 5.75 Å². The fourth-order valence-electron chi connectivity index (χ4n) is 1.85. The van der Waals surface area contributed by atoms with Gasteiger partial charge in [0, 0.05) is 16.1 Å². The second kappa shape index (κ2) is 7.16. The molecule has 1 atom stereocenters. The van der Waals surface area contributed by atoms with Crippen molar-refractivity contribution in [2.75, 3.05) is 12.3 Å².